The Balaban J connectivity index is 1.85. The van der Waals surface area contributed by atoms with Crippen molar-refractivity contribution in [3.05, 3.63) is 0 Å². The molecule has 0 aliphatic heterocycles. The summed E-state index contributed by atoms with van der Waals surface area (Å²) >= 11 is 0. The maximum Gasteiger partial charge on any atom is 0.328 e. The van der Waals surface area contributed by atoms with Crippen LogP contribution >= 0.6 is 7.60 Å². The van der Waals surface area contributed by atoms with Gasteiger partial charge in [0.2, 0.25) is 0 Å². The van der Waals surface area contributed by atoms with Crippen molar-refractivity contribution in [3.63, 3.8) is 0 Å². The van der Waals surface area contributed by atoms with Gasteiger partial charge in [0, 0.05) is 12.6 Å². The van der Waals surface area contributed by atoms with Crippen LogP contribution in [0, 0.1) is 5.92 Å². The molecule has 3 N–H and O–H groups in total. The van der Waals surface area contributed by atoms with Crippen LogP contribution in [0.4, 0.5) is 0 Å². The van der Waals surface area contributed by atoms with Crippen molar-refractivity contribution in [1.82, 2.24) is 0 Å². The van der Waals surface area contributed by atoms with Crippen molar-refractivity contribution in [3.8, 4) is 0 Å². The zero-order chi connectivity index (χ0) is 22.2. The molecule has 0 bridgehead atoms. The SMILES string of the molecule is CCOP(=O)(O)CCCCCCCCCCCOC(=O)CCC1CCC(O)C(O)C1. The fourth-order valence-corrected chi connectivity index (χ4v) is 5.13. The average Bonchev–Trinajstić information content (AvgIpc) is 2.69. The van der Waals surface area contributed by atoms with Gasteiger partial charge in [0.25, 0.3) is 0 Å². The average molecular weight is 451 g/mol. The molecule has 0 aromatic carbocycles. The third-order valence-corrected chi connectivity index (χ3v) is 7.37. The van der Waals surface area contributed by atoms with Crippen molar-refractivity contribution in [2.45, 2.75) is 109 Å². The molecule has 0 aromatic rings. The lowest BCUT2D eigenvalue weighted by atomic mass is 9.83. The number of carbonyl (C=O) groups excluding carboxylic acids is 1. The molecule has 0 spiro atoms. The molecule has 1 aliphatic carbocycles. The predicted octanol–water partition coefficient (Wildman–Crippen LogP) is 4.56. The van der Waals surface area contributed by atoms with Gasteiger partial charge in [-0.1, -0.05) is 44.9 Å². The largest absolute Gasteiger partial charge is 0.466 e. The van der Waals surface area contributed by atoms with Gasteiger partial charge in [0.15, 0.2) is 0 Å². The Morgan fingerprint density at radius 1 is 0.933 bits per heavy atom. The number of ether oxygens (including phenoxy) is 1. The summed E-state index contributed by atoms with van der Waals surface area (Å²) in [6.45, 7) is 2.49. The number of hydrogen-bond donors (Lipinski definition) is 3. The molecule has 4 unspecified atom stereocenters. The summed E-state index contributed by atoms with van der Waals surface area (Å²) < 4.78 is 21.7. The topological polar surface area (TPSA) is 113 Å². The monoisotopic (exact) mass is 450 g/mol. The van der Waals surface area contributed by atoms with E-state index in [1.807, 2.05) is 0 Å². The Bertz CT molecular complexity index is 500. The molecule has 1 aliphatic rings. The van der Waals surface area contributed by atoms with E-state index in [0.29, 0.717) is 31.8 Å². The minimum absolute atomic E-state index is 0.160. The van der Waals surface area contributed by atoms with Crippen molar-refractivity contribution in [2.75, 3.05) is 19.4 Å². The van der Waals surface area contributed by atoms with E-state index in [1.54, 1.807) is 6.92 Å². The second-order valence-electron chi connectivity index (χ2n) is 8.53. The summed E-state index contributed by atoms with van der Waals surface area (Å²) in [5.41, 5.74) is 0. The molecule has 0 radical (unpaired) electrons. The Hall–Kier alpha value is -0.460. The van der Waals surface area contributed by atoms with Crippen LogP contribution in [-0.4, -0.2) is 52.7 Å². The molecule has 30 heavy (non-hydrogen) atoms. The van der Waals surface area contributed by atoms with Gasteiger partial charge in [-0.15, -0.1) is 0 Å². The van der Waals surface area contributed by atoms with Gasteiger partial charge < -0.3 is 24.4 Å². The molecule has 4 atom stereocenters. The number of aliphatic hydroxyl groups is 2. The van der Waals surface area contributed by atoms with E-state index in [0.717, 1.165) is 57.8 Å². The first kappa shape index (κ1) is 27.6. The van der Waals surface area contributed by atoms with E-state index >= 15 is 0 Å². The molecule has 7 nitrogen and oxygen atoms in total. The first-order valence-corrected chi connectivity index (χ1v) is 13.6. The maximum atomic E-state index is 11.8. The fourth-order valence-electron chi connectivity index (χ4n) is 3.98. The molecule has 1 saturated carbocycles. The molecular weight excluding hydrogens is 407 g/mol. The van der Waals surface area contributed by atoms with Crippen molar-refractivity contribution >= 4 is 13.6 Å². The van der Waals surface area contributed by atoms with Crippen LogP contribution in [0.3, 0.4) is 0 Å². The molecule has 1 rings (SSSR count). The first-order valence-electron chi connectivity index (χ1n) is 11.8. The zero-order valence-corrected chi connectivity index (χ0v) is 19.6. The van der Waals surface area contributed by atoms with Crippen LogP contribution in [0.15, 0.2) is 0 Å². The second kappa shape index (κ2) is 16.2. The van der Waals surface area contributed by atoms with E-state index < -0.39 is 19.8 Å². The first-order chi connectivity index (χ1) is 14.3. The Labute approximate surface area is 182 Å². The van der Waals surface area contributed by atoms with Gasteiger partial charge in [0.1, 0.15) is 0 Å². The van der Waals surface area contributed by atoms with Crippen molar-refractivity contribution in [2.24, 2.45) is 5.92 Å². The van der Waals surface area contributed by atoms with Gasteiger partial charge in [-0.25, -0.2) is 0 Å². The minimum Gasteiger partial charge on any atom is -0.466 e. The normalized spacial score (nSPS) is 23.8. The predicted molar refractivity (Wildman–Crippen MR) is 117 cm³/mol. The van der Waals surface area contributed by atoms with E-state index in [9.17, 15) is 24.5 Å². The van der Waals surface area contributed by atoms with E-state index in [-0.39, 0.29) is 18.7 Å². The number of aliphatic hydroxyl groups excluding tert-OH is 2. The Kier molecular flexibility index (Phi) is 14.9. The third-order valence-electron chi connectivity index (χ3n) is 5.83. The Morgan fingerprint density at radius 3 is 2.13 bits per heavy atom. The lowest BCUT2D eigenvalue weighted by Gasteiger charge is -2.29. The number of hydrogen-bond acceptors (Lipinski definition) is 6. The number of carbonyl (C=O) groups is 1. The van der Waals surface area contributed by atoms with Gasteiger partial charge in [0.05, 0.1) is 25.4 Å². The summed E-state index contributed by atoms with van der Waals surface area (Å²) in [6, 6.07) is 0. The molecule has 1 fully saturated rings. The van der Waals surface area contributed by atoms with Crippen LogP contribution in [0.1, 0.15) is 96.8 Å². The summed E-state index contributed by atoms with van der Waals surface area (Å²) in [6.07, 6.45) is 11.5. The second-order valence-corrected chi connectivity index (χ2v) is 10.5. The highest BCUT2D eigenvalue weighted by Crippen LogP contribution is 2.42. The quantitative estimate of drug-likeness (QED) is 0.169. The highest BCUT2D eigenvalue weighted by atomic mass is 31.2. The van der Waals surface area contributed by atoms with Crippen LogP contribution in [0.25, 0.3) is 0 Å². The fraction of sp³-hybridized carbons (Fsp3) is 0.955. The number of unbranched alkanes of at least 4 members (excludes halogenated alkanes) is 8. The van der Waals surface area contributed by atoms with Gasteiger partial charge in [-0.3, -0.25) is 9.36 Å². The number of rotatable bonds is 17. The van der Waals surface area contributed by atoms with Crippen molar-refractivity contribution in [1.29, 1.82) is 0 Å². The molecule has 0 aromatic heterocycles. The van der Waals surface area contributed by atoms with Crippen LogP contribution in [0.2, 0.25) is 0 Å². The molecule has 0 amide bonds. The third kappa shape index (κ3) is 13.8. The molecular formula is C22H43O7P. The van der Waals surface area contributed by atoms with Gasteiger partial charge in [-0.05, 0) is 51.4 Å². The smallest absolute Gasteiger partial charge is 0.328 e. The van der Waals surface area contributed by atoms with Crippen LogP contribution in [0.5, 0.6) is 0 Å². The minimum atomic E-state index is -3.35. The van der Waals surface area contributed by atoms with Gasteiger partial charge in [-0.2, -0.15) is 0 Å². The molecule has 0 saturated heterocycles. The van der Waals surface area contributed by atoms with E-state index in [2.05, 4.69) is 0 Å². The van der Waals surface area contributed by atoms with Crippen molar-refractivity contribution < 1.29 is 33.7 Å². The standard InChI is InChI=1S/C22H43O7P/c1-2-29-30(26,27)17-11-9-7-5-3-4-6-8-10-16-28-22(25)15-13-19-12-14-20(23)21(24)18-19/h19-21,23-24H,2-18H2,1H3,(H,26,27). The molecule has 178 valence electrons. The summed E-state index contributed by atoms with van der Waals surface area (Å²) in [7, 11) is -3.35. The maximum absolute atomic E-state index is 11.8. The molecule has 8 heteroatoms. The van der Waals surface area contributed by atoms with Crippen LogP contribution in [-0.2, 0) is 18.6 Å². The summed E-state index contributed by atoms with van der Waals surface area (Å²) in [5, 5.41) is 19.2. The lowest BCUT2D eigenvalue weighted by molar-refractivity contribution is -0.144. The van der Waals surface area contributed by atoms with E-state index in [4.69, 9.17) is 9.26 Å². The van der Waals surface area contributed by atoms with E-state index in [1.165, 1.54) is 12.8 Å². The van der Waals surface area contributed by atoms with Gasteiger partial charge >= 0.3 is 13.6 Å². The van der Waals surface area contributed by atoms with Crippen LogP contribution < -0.4 is 0 Å². The molecule has 0 heterocycles. The summed E-state index contributed by atoms with van der Waals surface area (Å²) in [5.74, 6) is 0.140. The highest BCUT2D eigenvalue weighted by molar-refractivity contribution is 7.52. The number of esters is 1. The summed E-state index contributed by atoms with van der Waals surface area (Å²) in [4.78, 5) is 21.3. The highest BCUT2D eigenvalue weighted by Gasteiger charge is 2.27. The zero-order valence-electron chi connectivity index (χ0n) is 18.7. The Morgan fingerprint density at radius 2 is 1.53 bits per heavy atom. The lowest BCUT2D eigenvalue weighted by Crippen LogP contribution is -2.33.